The van der Waals surface area contributed by atoms with Gasteiger partial charge in [-0.3, -0.25) is 0 Å². The van der Waals surface area contributed by atoms with E-state index in [1.165, 1.54) is 0 Å². The maximum absolute atomic E-state index is 11.3. The third-order valence-electron chi connectivity index (χ3n) is 6.48. The van der Waals surface area contributed by atoms with Gasteiger partial charge < -0.3 is 19.7 Å². The number of imidazole rings is 1. The Morgan fingerprint density at radius 2 is 2.03 bits per heavy atom. The number of hydrogen-bond donors (Lipinski definition) is 2. The molecule has 7 nitrogen and oxygen atoms in total. The summed E-state index contributed by atoms with van der Waals surface area (Å²) in [6.45, 7) is 3.63. The normalized spacial score (nSPS) is 21.1. The Morgan fingerprint density at radius 3 is 2.71 bits per heavy atom. The molecular formula is C23H25ClN4O3. The lowest BCUT2D eigenvalue weighted by atomic mass is 9.90. The number of carboxylic acid groups (broad SMARTS) is 1. The largest absolute Gasteiger partial charge is 0.478 e. The van der Waals surface area contributed by atoms with Crippen LogP contribution < -0.4 is 0 Å². The van der Waals surface area contributed by atoms with Gasteiger partial charge in [-0.2, -0.15) is 0 Å². The fourth-order valence-electron chi connectivity index (χ4n) is 4.63. The Morgan fingerprint density at radius 1 is 1.23 bits per heavy atom. The van der Waals surface area contributed by atoms with Gasteiger partial charge in [0.05, 0.1) is 28.6 Å². The third-order valence-corrected chi connectivity index (χ3v) is 6.69. The van der Waals surface area contributed by atoms with Crippen molar-refractivity contribution in [3.63, 3.8) is 0 Å². The van der Waals surface area contributed by atoms with E-state index in [1.807, 2.05) is 12.1 Å². The first-order valence-corrected chi connectivity index (χ1v) is 11.1. The second-order valence-electron chi connectivity index (χ2n) is 8.42. The third kappa shape index (κ3) is 4.31. The molecule has 2 aliphatic heterocycles. The van der Waals surface area contributed by atoms with Crippen molar-refractivity contribution in [3.05, 3.63) is 58.6 Å². The molecule has 0 bridgehead atoms. The number of likely N-dealkylation sites (tertiary alicyclic amines) is 1. The lowest BCUT2D eigenvalue weighted by molar-refractivity contribution is -0.0731. The minimum absolute atomic E-state index is 0.135. The molecule has 0 aliphatic carbocycles. The molecule has 3 aromatic rings. The molecule has 5 rings (SSSR count). The molecule has 31 heavy (non-hydrogen) atoms. The van der Waals surface area contributed by atoms with E-state index < -0.39 is 5.97 Å². The zero-order valence-corrected chi connectivity index (χ0v) is 17.9. The zero-order valence-electron chi connectivity index (χ0n) is 17.1. The number of pyridine rings is 1. The van der Waals surface area contributed by atoms with Gasteiger partial charge in [0.15, 0.2) is 0 Å². The fraction of sp³-hybridized carbons (Fsp3) is 0.435. The van der Waals surface area contributed by atoms with Crippen LogP contribution in [-0.2, 0) is 4.74 Å². The Labute approximate surface area is 185 Å². The van der Waals surface area contributed by atoms with Crippen molar-refractivity contribution in [2.45, 2.75) is 37.2 Å². The van der Waals surface area contributed by atoms with Crippen LogP contribution in [0.2, 0.25) is 5.15 Å². The second-order valence-corrected chi connectivity index (χ2v) is 8.81. The molecule has 2 atom stereocenters. The zero-order chi connectivity index (χ0) is 21.4. The van der Waals surface area contributed by atoms with Crippen LogP contribution in [0.25, 0.3) is 11.0 Å². The van der Waals surface area contributed by atoms with Crippen molar-refractivity contribution >= 4 is 28.6 Å². The molecule has 162 valence electrons. The summed E-state index contributed by atoms with van der Waals surface area (Å²) < 4.78 is 5.84. The van der Waals surface area contributed by atoms with Crippen LogP contribution in [0, 0.1) is 0 Å². The molecule has 2 saturated heterocycles. The van der Waals surface area contributed by atoms with E-state index in [-0.39, 0.29) is 17.6 Å². The quantitative estimate of drug-likeness (QED) is 0.561. The summed E-state index contributed by atoms with van der Waals surface area (Å²) in [5.41, 5.74) is 2.88. The van der Waals surface area contributed by atoms with E-state index >= 15 is 0 Å². The summed E-state index contributed by atoms with van der Waals surface area (Å²) in [5.74, 6) is 0.513. The van der Waals surface area contributed by atoms with Gasteiger partial charge >= 0.3 is 5.97 Å². The van der Waals surface area contributed by atoms with Gasteiger partial charge in [0.2, 0.25) is 0 Å². The minimum Gasteiger partial charge on any atom is -0.478 e. The molecule has 2 aliphatic rings. The Bertz CT molecular complexity index is 1090. The first-order chi connectivity index (χ1) is 15.1. The van der Waals surface area contributed by atoms with E-state index in [2.05, 4.69) is 20.9 Å². The van der Waals surface area contributed by atoms with E-state index in [0.29, 0.717) is 11.1 Å². The van der Waals surface area contributed by atoms with Crippen LogP contribution in [0.3, 0.4) is 0 Å². The summed E-state index contributed by atoms with van der Waals surface area (Å²) in [7, 11) is 0. The lowest BCUT2D eigenvalue weighted by Crippen LogP contribution is -2.43. The van der Waals surface area contributed by atoms with Crippen molar-refractivity contribution in [2.24, 2.45) is 0 Å². The van der Waals surface area contributed by atoms with E-state index in [9.17, 15) is 9.90 Å². The smallest absolute Gasteiger partial charge is 0.335 e. The highest BCUT2D eigenvalue weighted by molar-refractivity contribution is 6.29. The number of aromatic nitrogens is 3. The number of carbonyl (C=O) groups is 1. The van der Waals surface area contributed by atoms with Crippen molar-refractivity contribution in [1.82, 2.24) is 19.9 Å². The molecule has 0 radical (unpaired) electrons. The molecule has 1 aromatic carbocycles. The Hall–Kier alpha value is -2.48. The average molecular weight is 441 g/mol. The molecule has 0 amide bonds. The van der Waals surface area contributed by atoms with E-state index in [4.69, 9.17) is 21.3 Å². The summed E-state index contributed by atoms with van der Waals surface area (Å²) >= 11 is 6.07. The molecule has 8 heteroatoms. The fourth-order valence-corrected chi connectivity index (χ4v) is 4.80. The van der Waals surface area contributed by atoms with Crippen molar-refractivity contribution in [1.29, 1.82) is 0 Å². The van der Waals surface area contributed by atoms with E-state index in [0.717, 1.165) is 68.1 Å². The number of fused-ring (bicyclic) bond motifs is 1. The van der Waals surface area contributed by atoms with Crippen molar-refractivity contribution in [2.75, 3.05) is 26.2 Å². The van der Waals surface area contributed by atoms with Gasteiger partial charge in [-0.05, 0) is 62.7 Å². The summed E-state index contributed by atoms with van der Waals surface area (Å²) in [4.78, 5) is 26.4. The molecular weight excluding hydrogens is 416 g/mol. The summed E-state index contributed by atoms with van der Waals surface area (Å²) in [6, 6.07) is 10.9. The SMILES string of the molecule is O=C(O)c1ccc2nc([C@H](CN3CCC(c4cccc(Cl)n4)CC3)C3CCO3)[nH]c2c1. The standard InChI is InChI=1S/C23H25ClN4O3/c24-21-3-1-2-17(25-21)14-6-9-28(10-7-14)13-16(20-8-11-31-20)22-26-18-5-4-15(23(29)30)12-19(18)27-22/h1-5,12,14,16,20H,6-11,13H2,(H,26,27)(H,29,30)/t16-,20?/m1/s1. The molecule has 1 unspecified atom stereocenters. The van der Waals surface area contributed by atoms with Gasteiger partial charge in [0.25, 0.3) is 0 Å². The average Bonchev–Trinajstić information content (AvgIpc) is 3.15. The number of halogens is 1. The number of ether oxygens (including phenoxy) is 1. The first-order valence-electron chi connectivity index (χ1n) is 10.8. The van der Waals surface area contributed by atoms with Gasteiger partial charge in [-0.25, -0.2) is 14.8 Å². The van der Waals surface area contributed by atoms with Gasteiger partial charge in [0.1, 0.15) is 11.0 Å². The number of nitrogens with one attached hydrogen (secondary N) is 1. The Balaban J connectivity index is 1.30. The molecule has 2 fully saturated rings. The summed E-state index contributed by atoms with van der Waals surface area (Å²) in [5, 5.41) is 9.81. The molecule has 2 N–H and O–H groups in total. The molecule has 2 aromatic heterocycles. The number of hydrogen-bond acceptors (Lipinski definition) is 5. The highest BCUT2D eigenvalue weighted by Crippen LogP contribution is 2.33. The predicted octanol–water partition coefficient (Wildman–Crippen LogP) is 4.06. The number of nitrogens with zero attached hydrogens (tertiary/aromatic N) is 3. The number of aromatic carboxylic acids is 1. The van der Waals surface area contributed by atoms with Crippen LogP contribution in [0.5, 0.6) is 0 Å². The number of piperidine rings is 1. The summed E-state index contributed by atoms with van der Waals surface area (Å²) in [6.07, 6.45) is 3.26. The Kier molecular flexibility index (Phi) is 5.65. The van der Waals surface area contributed by atoms with Crippen LogP contribution in [-0.4, -0.2) is 63.3 Å². The molecule has 4 heterocycles. The van der Waals surface area contributed by atoms with Gasteiger partial charge in [0, 0.05) is 24.8 Å². The lowest BCUT2D eigenvalue weighted by Gasteiger charge is -2.38. The number of aromatic amines is 1. The van der Waals surface area contributed by atoms with Gasteiger partial charge in [-0.15, -0.1) is 0 Å². The number of carboxylic acids is 1. The van der Waals surface area contributed by atoms with E-state index in [1.54, 1.807) is 18.2 Å². The highest BCUT2D eigenvalue weighted by Gasteiger charge is 2.34. The number of H-pyrrole nitrogens is 1. The number of benzene rings is 1. The monoisotopic (exact) mass is 440 g/mol. The number of rotatable bonds is 6. The van der Waals surface area contributed by atoms with Crippen LogP contribution in [0.15, 0.2) is 36.4 Å². The van der Waals surface area contributed by atoms with Crippen molar-refractivity contribution < 1.29 is 14.6 Å². The van der Waals surface area contributed by atoms with Crippen LogP contribution in [0.4, 0.5) is 0 Å². The predicted molar refractivity (Wildman–Crippen MR) is 118 cm³/mol. The minimum atomic E-state index is -0.936. The first kappa shape index (κ1) is 20.4. The maximum Gasteiger partial charge on any atom is 0.335 e. The van der Waals surface area contributed by atoms with Crippen LogP contribution in [0.1, 0.15) is 53.0 Å². The highest BCUT2D eigenvalue weighted by atomic mass is 35.5. The van der Waals surface area contributed by atoms with Gasteiger partial charge in [-0.1, -0.05) is 17.7 Å². The van der Waals surface area contributed by atoms with Crippen molar-refractivity contribution in [3.8, 4) is 0 Å². The molecule has 0 spiro atoms. The maximum atomic E-state index is 11.3. The molecule has 0 saturated carbocycles. The van der Waals surface area contributed by atoms with Crippen LogP contribution >= 0.6 is 11.6 Å². The topological polar surface area (TPSA) is 91.3 Å². The second kappa shape index (κ2) is 8.57.